The summed E-state index contributed by atoms with van der Waals surface area (Å²) in [7, 11) is 0. The van der Waals surface area contributed by atoms with Gasteiger partial charge in [0.2, 0.25) is 5.89 Å². The van der Waals surface area contributed by atoms with E-state index in [2.05, 4.69) is 37.8 Å². The highest BCUT2D eigenvalue weighted by atomic mass is 16.5. The molecular weight excluding hydrogens is 226 g/mol. The maximum absolute atomic E-state index is 6.03. The Kier molecular flexibility index (Phi) is 3.76. The topological polar surface area (TPSA) is 64.9 Å². The average molecular weight is 251 g/mol. The number of hydrogen-bond donors (Lipinski definition) is 1. The van der Waals surface area contributed by atoms with Gasteiger partial charge in [-0.05, 0) is 37.0 Å². The van der Waals surface area contributed by atoms with Gasteiger partial charge in [-0.3, -0.25) is 0 Å². The highest BCUT2D eigenvalue weighted by Crippen LogP contribution is 2.41. The molecule has 1 heterocycles. The van der Waals surface area contributed by atoms with Crippen LogP contribution in [0, 0.1) is 11.3 Å². The summed E-state index contributed by atoms with van der Waals surface area (Å²) in [6, 6.07) is -0.147. The van der Waals surface area contributed by atoms with E-state index in [4.69, 9.17) is 10.3 Å². The fourth-order valence-corrected chi connectivity index (χ4v) is 2.49. The van der Waals surface area contributed by atoms with Gasteiger partial charge in [0, 0.05) is 5.92 Å². The van der Waals surface area contributed by atoms with E-state index >= 15 is 0 Å². The van der Waals surface area contributed by atoms with Crippen molar-refractivity contribution in [2.75, 3.05) is 0 Å². The van der Waals surface area contributed by atoms with Crippen molar-refractivity contribution in [2.24, 2.45) is 17.1 Å². The molecule has 4 nitrogen and oxygen atoms in total. The third kappa shape index (κ3) is 2.91. The van der Waals surface area contributed by atoms with Gasteiger partial charge >= 0.3 is 0 Å². The highest BCUT2D eigenvalue weighted by molar-refractivity contribution is 5.01. The van der Waals surface area contributed by atoms with Crippen LogP contribution in [0.25, 0.3) is 0 Å². The van der Waals surface area contributed by atoms with Crippen LogP contribution in [0.1, 0.15) is 77.1 Å². The molecule has 2 rings (SSSR count). The quantitative estimate of drug-likeness (QED) is 0.894. The molecule has 1 aromatic rings. The summed E-state index contributed by atoms with van der Waals surface area (Å²) >= 11 is 0. The molecule has 0 bridgehead atoms. The zero-order chi connectivity index (χ0) is 13.3. The van der Waals surface area contributed by atoms with Crippen LogP contribution in [-0.4, -0.2) is 10.1 Å². The van der Waals surface area contributed by atoms with Crippen LogP contribution in [0.2, 0.25) is 0 Å². The Morgan fingerprint density at radius 1 is 1.28 bits per heavy atom. The number of hydrogen-bond acceptors (Lipinski definition) is 4. The summed E-state index contributed by atoms with van der Waals surface area (Å²) < 4.78 is 5.31. The smallest absolute Gasteiger partial charge is 0.243 e. The van der Waals surface area contributed by atoms with Crippen LogP contribution in [-0.2, 0) is 0 Å². The number of rotatable bonds is 3. The Hall–Kier alpha value is -0.900. The molecular formula is C14H25N3O. The standard InChI is InChI=1S/C14H25N3O/c1-9(2)11(15)13-16-12(17-18-13)10-5-7-14(3,4)8-6-10/h9-11H,5-8,15H2,1-4H3/t11-/m0/s1. The van der Waals surface area contributed by atoms with Gasteiger partial charge in [-0.2, -0.15) is 4.98 Å². The van der Waals surface area contributed by atoms with Gasteiger partial charge < -0.3 is 10.3 Å². The summed E-state index contributed by atoms with van der Waals surface area (Å²) in [5, 5.41) is 4.12. The van der Waals surface area contributed by atoms with Gasteiger partial charge in [-0.15, -0.1) is 0 Å². The predicted octanol–water partition coefficient (Wildman–Crippen LogP) is 3.41. The van der Waals surface area contributed by atoms with Crippen LogP contribution in [0.4, 0.5) is 0 Å². The zero-order valence-corrected chi connectivity index (χ0v) is 11.9. The summed E-state index contributed by atoms with van der Waals surface area (Å²) in [5.74, 6) is 2.22. The third-order valence-electron chi connectivity index (χ3n) is 4.17. The summed E-state index contributed by atoms with van der Waals surface area (Å²) in [6.07, 6.45) is 4.78. The summed E-state index contributed by atoms with van der Waals surface area (Å²) in [6.45, 7) is 8.80. The largest absolute Gasteiger partial charge is 0.338 e. The minimum atomic E-state index is -0.147. The lowest BCUT2D eigenvalue weighted by molar-refractivity contribution is 0.218. The minimum absolute atomic E-state index is 0.147. The lowest BCUT2D eigenvalue weighted by Crippen LogP contribution is -2.21. The highest BCUT2D eigenvalue weighted by Gasteiger charge is 2.30. The molecule has 1 aliphatic rings. The van der Waals surface area contributed by atoms with E-state index in [0.29, 0.717) is 23.1 Å². The van der Waals surface area contributed by atoms with Crippen LogP contribution >= 0.6 is 0 Å². The van der Waals surface area contributed by atoms with Crippen molar-refractivity contribution in [3.8, 4) is 0 Å². The molecule has 4 heteroatoms. The molecule has 1 aliphatic carbocycles. The molecule has 0 aromatic carbocycles. The van der Waals surface area contributed by atoms with Crippen molar-refractivity contribution in [1.29, 1.82) is 0 Å². The van der Waals surface area contributed by atoms with Gasteiger partial charge in [0.25, 0.3) is 0 Å². The molecule has 2 N–H and O–H groups in total. The first-order valence-electron chi connectivity index (χ1n) is 6.98. The number of nitrogens with zero attached hydrogens (tertiary/aromatic N) is 2. The molecule has 0 saturated heterocycles. The fourth-order valence-electron chi connectivity index (χ4n) is 2.49. The molecule has 0 amide bonds. The molecule has 1 aromatic heterocycles. The lowest BCUT2D eigenvalue weighted by Gasteiger charge is -2.32. The zero-order valence-electron chi connectivity index (χ0n) is 11.9. The monoisotopic (exact) mass is 251 g/mol. The van der Waals surface area contributed by atoms with Crippen molar-refractivity contribution >= 4 is 0 Å². The first kappa shape index (κ1) is 13.5. The van der Waals surface area contributed by atoms with Crippen molar-refractivity contribution < 1.29 is 4.52 Å². The maximum atomic E-state index is 6.03. The molecule has 1 atom stereocenters. The van der Waals surface area contributed by atoms with Crippen molar-refractivity contribution in [3.63, 3.8) is 0 Å². The first-order chi connectivity index (χ1) is 8.39. The Balaban J connectivity index is 2.03. The van der Waals surface area contributed by atoms with Gasteiger partial charge in [0.05, 0.1) is 6.04 Å². The van der Waals surface area contributed by atoms with Gasteiger partial charge in [-0.25, -0.2) is 0 Å². The molecule has 0 aliphatic heterocycles. The fraction of sp³-hybridized carbons (Fsp3) is 0.857. The normalized spacial score (nSPS) is 22.3. The molecule has 102 valence electrons. The van der Waals surface area contributed by atoms with Crippen molar-refractivity contribution in [2.45, 2.75) is 65.3 Å². The Morgan fingerprint density at radius 2 is 1.89 bits per heavy atom. The summed E-state index contributed by atoms with van der Waals surface area (Å²) in [4.78, 5) is 4.50. The second-order valence-electron chi connectivity index (χ2n) is 6.70. The van der Waals surface area contributed by atoms with Gasteiger partial charge in [0.15, 0.2) is 5.82 Å². The molecule has 0 unspecified atom stereocenters. The van der Waals surface area contributed by atoms with E-state index in [1.807, 2.05) is 0 Å². The molecule has 0 radical (unpaired) electrons. The Morgan fingerprint density at radius 3 is 2.44 bits per heavy atom. The van der Waals surface area contributed by atoms with E-state index in [-0.39, 0.29) is 6.04 Å². The van der Waals surface area contributed by atoms with Crippen LogP contribution in [0.15, 0.2) is 4.52 Å². The summed E-state index contributed by atoms with van der Waals surface area (Å²) in [5.41, 5.74) is 6.50. The van der Waals surface area contributed by atoms with E-state index < -0.39 is 0 Å². The molecule has 18 heavy (non-hydrogen) atoms. The van der Waals surface area contributed by atoms with Crippen LogP contribution in [0.5, 0.6) is 0 Å². The average Bonchev–Trinajstić information content (AvgIpc) is 2.77. The van der Waals surface area contributed by atoms with E-state index in [9.17, 15) is 0 Å². The second-order valence-corrected chi connectivity index (χ2v) is 6.70. The number of nitrogens with two attached hydrogens (primary N) is 1. The van der Waals surface area contributed by atoms with E-state index in [0.717, 1.165) is 18.7 Å². The molecule has 0 spiro atoms. The predicted molar refractivity (Wildman–Crippen MR) is 71.1 cm³/mol. The van der Waals surface area contributed by atoms with Crippen molar-refractivity contribution in [1.82, 2.24) is 10.1 Å². The van der Waals surface area contributed by atoms with Crippen LogP contribution < -0.4 is 5.73 Å². The Bertz CT molecular complexity index is 387. The van der Waals surface area contributed by atoms with Crippen molar-refractivity contribution in [3.05, 3.63) is 11.7 Å². The molecule has 1 fully saturated rings. The third-order valence-corrected chi connectivity index (χ3v) is 4.17. The minimum Gasteiger partial charge on any atom is -0.338 e. The Labute approximate surface area is 109 Å². The first-order valence-corrected chi connectivity index (χ1v) is 6.98. The van der Waals surface area contributed by atoms with Crippen LogP contribution in [0.3, 0.4) is 0 Å². The van der Waals surface area contributed by atoms with E-state index in [1.165, 1.54) is 12.8 Å². The van der Waals surface area contributed by atoms with Gasteiger partial charge in [-0.1, -0.05) is 32.9 Å². The van der Waals surface area contributed by atoms with Gasteiger partial charge in [0.1, 0.15) is 0 Å². The maximum Gasteiger partial charge on any atom is 0.243 e. The van der Waals surface area contributed by atoms with E-state index in [1.54, 1.807) is 0 Å². The molecule has 1 saturated carbocycles. The number of aromatic nitrogens is 2. The lowest BCUT2D eigenvalue weighted by atomic mass is 9.73. The SMILES string of the molecule is CC(C)[C@H](N)c1nc(C2CCC(C)(C)CC2)no1. The second kappa shape index (κ2) is 5.00.